The number of nitrogens with zero attached hydrogens (tertiary/aromatic N) is 1. The quantitative estimate of drug-likeness (QED) is 0.896. The Morgan fingerprint density at radius 2 is 2.05 bits per heavy atom. The zero-order valence-electron chi connectivity index (χ0n) is 13.1. The molecule has 6 heteroatoms. The van der Waals surface area contributed by atoms with Gasteiger partial charge < -0.3 is 15.5 Å². The number of benzene rings is 1. The molecule has 0 aliphatic carbocycles. The highest BCUT2D eigenvalue weighted by Gasteiger charge is 2.15. The molecule has 0 radical (unpaired) electrons. The van der Waals surface area contributed by atoms with Crippen molar-refractivity contribution in [1.82, 2.24) is 10.2 Å². The predicted octanol–water partition coefficient (Wildman–Crippen LogP) is 2.68. The molecule has 1 aromatic rings. The average Bonchev–Trinajstić information content (AvgIpc) is 2.48. The number of rotatable bonds is 4. The Labute approximate surface area is 135 Å². The van der Waals surface area contributed by atoms with Crippen LogP contribution < -0.4 is 10.6 Å². The molecule has 0 unspecified atom stereocenters. The largest absolute Gasteiger partial charge is 0.342 e. The molecule has 0 spiro atoms. The van der Waals surface area contributed by atoms with Crippen LogP contribution in [0, 0.1) is 0 Å². The van der Waals surface area contributed by atoms with Crippen LogP contribution >= 0.6 is 11.8 Å². The number of urea groups is 1. The van der Waals surface area contributed by atoms with Crippen LogP contribution in [0.2, 0.25) is 0 Å². The number of hydrogen-bond donors (Lipinski definition) is 2. The van der Waals surface area contributed by atoms with Crippen LogP contribution in [0.25, 0.3) is 0 Å². The molecule has 1 fully saturated rings. The molecule has 1 aromatic carbocycles. The third-order valence-corrected chi connectivity index (χ3v) is 4.75. The molecule has 5 nitrogen and oxygen atoms in total. The first kappa shape index (κ1) is 16.7. The van der Waals surface area contributed by atoms with Crippen molar-refractivity contribution >= 4 is 29.4 Å². The van der Waals surface area contributed by atoms with Crippen LogP contribution in [0.5, 0.6) is 0 Å². The molecule has 2 N–H and O–H groups in total. The fourth-order valence-corrected chi connectivity index (χ4v) is 3.43. The smallest absolute Gasteiger partial charge is 0.319 e. The lowest BCUT2D eigenvalue weighted by Crippen LogP contribution is -2.40. The highest BCUT2D eigenvalue weighted by atomic mass is 32.2. The summed E-state index contributed by atoms with van der Waals surface area (Å²) in [6.07, 6.45) is 2.06. The Balaban J connectivity index is 1.89. The summed E-state index contributed by atoms with van der Waals surface area (Å²) < 4.78 is 0. The average molecular weight is 321 g/mol. The van der Waals surface area contributed by atoms with Crippen molar-refractivity contribution in [2.24, 2.45) is 0 Å². The third-order valence-electron chi connectivity index (χ3n) is 3.70. The Bertz CT molecular complexity index is 530. The molecule has 0 atom stereocenters. The fraction of sp³-hybridized carbons (Fsp3) is 0.500. The first-order chi connectivity index (χ1) is 10.5. The summed E-state index contributed by atoms with van der Waals surface area (Å²) in [6, 6.07) is 7.70. The zero-order valence-corrected chi connectivity index (χ0v) is 13.9. The van der Waals surface area contributed by atoms with Gasteiger partial charge in [0.2, 0.25) is 5.91 Å². The first-order valence-corrected chi connectivity index (χ1v) is 8.66. The Kier molecular flexibility index (Phi) is 6.12. The van der Waals surface area contributed by atoms with Crippen LogP contribution in [0.1, 0.15) is 25.3 Å². The van der Waals surface area contributed by atoms with Crippen molar-refractivity contribution in [2.75, 3.05) is 23.9 Å². The standard InChI is InChI=1S/C16H23N3O2S/c1-12(20)19(2)11-13-4-3-5-15(10-13)18-16(21)17-14-6-8-22-9-7-14/h3-5,10,14H,6-9,11H2,1-2H3,(H2,17,18,21). The van der Waals surface area contributed by atoms with Gasteiger partial charge >= 0.3 is 6.03 Å². The van der Waals surface area contributed by atoms with E-state index < -0.39 is 0 Å². The van der Waals surface area contributed by atoms with Crippen molar-refractivity contribution in [3.63, 3.8) is 0 Å². The summed E-state index contributed by atoms with van der Waals surface area (Å²) in [5.41, 5.74) is 1.74. The van der Waals surface area contributed by atoms with Crippen LogP contribution in [0.3, 0.4) is 0 Å². The van der Waals surface area contributed by atoms with Crippen LogP contribution in [0.15, 0.2) is 24.3 Å². The van der Waals surface area contributed by atoms with E-state index in [1.807, 2.05) is 36.0 Å². The molecule has 3 amide bonds. The summed E-state index contributed by atoms with van der Waals surface area (Å²) in [5, 5.41) is 5.89. The minimum absolute atomic E-state index is 0.0197. The van der Waals surface area contributed by atoms with E-state index in [0.29, 0.717) is 6.54 Å². The Morgan fingerprint density at radius 3 is 2.73 bits per heavy atom. The minimum atomic E-state index is -0.158. The summed E-state index contributed by atoms with van der Waals surface area (Å²) in [4.78, 5) is 24.9. The van der Waals surface area contributed by atoms with Crippen molar-refractivity contribution < 1.29 is 9.59 Å². The van der Waals surface area contributed by atoms with Gasteiger partial charge in [-0.25, -0.2) is 4.79 Å². The minimum Gasteiger partial charge on any atom is -0.342 e. The van der Waals surface area contributed by atoms with E-state index in [1.165, 1.54) is 6.92 Å². The molecule has 1 heterocycles. The number of amides is 3. The number of carbonyl (C=O) groups excluding carboxylic acids is 2. The topological polar surface area (TPSA) is 61.4 Å². The maximum atomic E-state index is 12.0. The fourth-order valence-electron chi connectivity index (χ4n) is 2.33. The van der Waals surface area contributed by atoms with E-state index in [0.717, 1.165) is 35.6 Å². The molecule has 2 rings (SSSR count). The normalized spacial score (nSPS) is 15.2. The van der Waals surface area contributed by atoms with Gasteiger partial charge in [-0.2, -0.15) is 11.8 Å². The number of anilines is 1. The van der Waals surface area contributed by atoms with Gasteiger partial charge in [0.15, 0.2) is 0 Å². The number of hydrogen-bond acceptors (Lipinski definition) is 3. The van der Waals surface area contributed by atoms with E-state index in [1.54, 1.807) is 11.9 Å². The molecular weight excluding hydrogens is 298 g/mol. The maximum Gasteiger partial charge on any atom is 0.319 e. The van der Waals surface area contributed by atoms with E-state index in [-0.39, 0.29) is 18.0 Å². The second kappa shape index (κ2) is 8.08. The molecule has 120 valence electrons. The molecular formula is C16H23N3O2S. The summed E-state index contributed by atoms with van der Waals surface area (Å²) >= 11 is 1.94. The summed E-state index contributed by atoms with van der Waals surface area (Å²) in [6.45, 7) is 2.07. The highest BCUT2D eigenvalue weighted by molar-refractivity contribution is 7.99. The van der Waals surface area contributed by atoms with E-state index in [9.17, 15) is 9.59 Å². The van der Waals surface area contributed by atoms with E-state index in [2.05, 4.69) is 10.6 Å². The van der Waals surface area contributed by atoms with Crippen molar-refractivity contribution in [1.29, 1.82) is 0 Å². The second-order valence-electron chi connectivity index (χ2n) is 5.56. The van der Waals surface area contributed by atoms with Gasteiger partial charge in [0.1, 0.15) is 0 Å². The van der Waals surface area contributed by atoms with Gasteiger partial charge in [0.25, 0.3) is 0 Å². The van der Waals surface area contributed by atoms with Gasteiger partial charge in [-0.15, -0.1) is 0 Å². The highest BCUT2D eigenvalue weighted by Crippen LogP contribution is 2.17. The predicted molar refractivity (Wildman–Crippen MR) is 91.1 cm³/mol. The zero-order chi connectivity index (χ0) is 15.9. The van der Waals surface area contributed by atoms with Gasteiger partial charge in [-0.3, -0.25) is 4.79 Å². The van der Waals surface area contributed by atoms with Gasteiger partial charge in [-0.1, -0.05) is 12.1 Å². The Morgan fingerprint density at radius 1 is 1.32 bits per heavy atom. The number of nitrogens with one attached hydrogen (secondary N) is 2. The SMILES string of the molecule is CC(=O)N(C)Cc1cccc(NC(=O)NC2CCSCC2)c1. The van der Waals surface area contributed by atoms with Gasteiger partial charge in [0.05, 0.1) is 0 Å². The third kappa shape index (κ3) is 5.26. The van der Waals surface area contributed by atoms with E-state index in [4.69, 9.17) is 0 Å². The maximum absolute atomic E-state index is 12.0. The van der Waals surface area contributed by atoms with Crippen molar-refractivity contribution in [2.45, 2.75) is 32.4 Å². The van der Waals surface area contributed by atoms with Crippen LogP contribution in [-0.2, 0) is 11.3 Å². The lowest BCUT2D eigenvalue weighted by atomic mass is 10.1. The lowest BCUT2D eigenvalue weighted by Gasteiger charge is -2.22. The van der Waals surface area contributed by atoms with Crippen molar-refractivity contribution in [3.8, 4) is 0 Å². The van der Waals surface area contributed by atoms with Crippen molar-refractivity contribution in [3.05, 3.63) is 29.8 Å². The number of thioether (sulfide) groups is 1. The molecule has 1 aliphatic rings. The van der Waals surface area contributed by atoms with E-state index >= 15 is 0 Å². The molecule has 0 bridgehead atoms. The first-order valence-electron chi connectivity index (χ1n) is 7.50. The molecule has 0 saturated carbocycles. The molecule has 22 heavy (non-hydrogen) atoms. The van der Waals surface area contributed by atoms with Gasteiger partial charge in [-0.05, 0) is 42.0 Å². The van der Waals surface area contributed by atoms with Crippen LogP contribution in [-0.4, -0.2) is 41.4 Å². The molecule has 0 aromatic heterocycles. The summed E-state index contributed by atoms with van der Waals surface area (Å²) in [5.74, 6) is 2.24. The second-order valence-corrected chi connectivity index (χ2v) is 6.79. The van der Waals surface area contributed by atoms with Crippen LogP contribution in [0.4, 0.5) is 10.5 Å². The van der Waals surface area contributed by atoms with Gasteiger partial charge in [0, 0.05) is 32.2 Å². The summed E-state index contributed by atoms with van der Waals surface area (Å²) in [7, 11) is 1.76. The molecule has 1 aliphatic heterocycles. The monoisotopic (exact) mass is 321 g/mol. The Hall–Kier alpha value is -1.69. The number of carbonyl (C=O) groups is 2. The lowest BCUT2D eigenvalue weighted by molar-refractivity contribution is -0.128. The molecule has 1 saturated heterocycles.